The maximum Gasteiger partial charge on any atom is 0.271 e. The zero-order valence-electron chi connectivity index (χ0n) is 14.7. The molecule has 0 bridgehead atoms. The van der Waals surface area contributed by atoms with E-state index in [1.807, 2.05) is 11.5 Å². The molecule has 27 heavy (non-hydrogen) atoms. The van der Waals surface area contributed by atoms with Gasteiger partial charge in [-0.2, -0.15) is 0 Å². The van der Waals surface area contributed by atoms with E-state index in [4.69, 9.17) is 0 Å². The van der Waals surface area contributed by atoms with Gasteiger partial charge in [0.15, 0.2) is 0 Å². The van der Waals surface area contributed by atoms with Gasteiger partial charge in [0.25, 0.3) is 5.56 Å². The minimum Gasteiger partial charge on any atom is -0.328 e. The largest absolute Gasteiger partial charge is 0.328 e. The average Bonchev–Trinajstić information content (AvgIpc) is 3.37. The van der Waals surface area contributed by atoms with Gasteiger partial charge in [-0.25, -0.2) is 14.4 Å². The van der Waals surface area contributed by atoms with Crippen molar-refractivity contribution < 1.29 is 4.39 Å². The first-order valence-electron chi connectivity index (χ1n) is 8.65. The molecular formula is C19H15FN4O2S. The molecule has 1 aliphatic rings. The first kappa shape index (κ1) is 16.3. The van der Waals surface area contributed by atoms with Crippen LogP contribution < -0.4 is 11.0 Å². The van der Waals surface area contributed by atoms with Crippen LogP contribution in [0.5, 0.6) is 0 Å². The molecule has 1 saturated carbocycles. The highest BCUT2D eigenvalue weighted by Crippen LogP contribution is 2.40. The van der Waals surface area contributed by atoms with Crippen LogP contribution in [0.25, 0.3) is 32.4 Å². The molecule has 0 radical (unpaired) electrons. The van der Waals surface area contributed by atoms with Crippen molar-refractivity contribution in [1.82, 2.24) is 18.9 Å². The fourth-order valence-electron chi connectivity index (χ4n) is 3.60. The molecule has 0 saturated heterocycles. The molecule has 1 aliphatic carbocycles. The maximum absolute atomic E-state index is 14.9. The third kappa shape index (κ3) is 2.43. The summed E-state index contributed by atoms with van der Waals surface area (Å²) in [7, 11) is 0. The van der Waals surface area contributed by atoms with Gasteiger partial charge in [0.1, 0.15) is 21.9 Å². The summed E-state index contributed by atoms with van der Waals surface area (Å²) in [5, 5.41) is 0.335. The van der Waals surface area contributed by atoms with Crippen molar-refractivity contribution in [3.63, 3.8) is 0 Å². The number of fused-ring (bicyclic) bond motifs is 2. The lowest BCUT2D eigenvalue weighted by molar-refractivity contribution is 0.631. The Morgan fingerprint density at radius 3 is 2.67 bits per heavy atom. The number of aryl methyl sites for hydroxylation is 2. The fourth-order valence-corrected chi connectivity index (χ4v) is 4.52. The van der Waals surface area contributed by atoms with Gasteiger partial charge >= 0.3 is 0 Å². The summed E-state index contributed by atoms with van der Waals surface area (Å²) in [4.78, 5) is 34.2. The number of pyridine rings is 1. The predicted molar refractivity (Wildman–Crippen MR) is 103 cm³/mol. The van der Waals surface area contributed by atoms with Gasteiger partial charge < -0.3 is 4.57 Å². The molecule has 1 fully saturated rings. The predicted octanol–water partition coefficient (Wildman–Crippen LogP) is 3.45. The smallest absolute Gasteiger partial charge is 0.271 e. The molecule has 0 aliphatic heterocycles. The van der Waals surface area contributed by atoms with Gasteiger partial charge in [-0.05, 0) is 56.4 Å². The molecule has 1 aromatic carbocycles. The molecule has 1 N–H and O–H groups in total. The van der Waals surface area contributed by atoms with E-state index in [-0.39, 0.29) is 16.8 Å². The van der Waals surface area contributed by atoms with Crippen LogP contribution in [-0.2, 0) is 0 Å². The summed E-state index contributed by atoms with van der Waals surface area (Å²) >= 11 is 1.15. The number of aromatic nitrogens is 4. The van der Waals surface area contributed by atoms with E-state index in [0.717, 1.165) is 30.1 Å². The highest BCUT2D eigenvalue weighted by molar-refractivity contribution is 7.12. The van der Waals surface area contributed by atoms with Crippen molar-refractivity contribution in [2.75, 3.05) is 0 Å². The van der Waals surface area contributed by atoms with Crippen LogP contribution >= 0.6 is 11.5 Å². The summed E-state index contributed by atoms with van der Waals surface area (Å²) in [6, 6.07) is 4.85. The van der Waals surface area contributed by atoms with Crippen molar-refractivity contribution in [2.24, 2.45) is 0 Å². The lowest BCUT2D eigenvalue weighted by Crippen LogP contribution is -2.15. The van der Waals surface area contributed by atoms with Crippen LogP contribution in [0.2, 0.25) is 0 Å². The molecule has 3 aromatic heterocycles. The Kier molecular flexibility index (Phi) is 3.36. The van der Waals surface area contributed by atoms with Gasteiger partial charge in [-0.3, -0.25) is 14.0 Å². The Morgan fingerprint density at radius 1 is 1.19 bits per heavy atom. The molecule has 6 nitrogen and oxygen atoms in total. The number of H-pyrrole nitrogens is 1. The lowest BCUT2D eigenvalue weighted by atomic mass is 10.1. The zero-order valence-corrected chi connectivity index (χ0v) is 15.5. The number of halogens is 1. The highest BCUT2D eigenvalue weighted by Gasteiger charge is 2.29. The average molecular weight is 382 g/mol. The van der Waals surface area contributed by atoms with Gasteiger partial charge in [0.05, 0.1) is 11.2 Å². The monoisotopic (exact) mass is 382 g/mol. The second-order valence-corrected chi connectivity index (χ2v) is 7.73. The normalized spacial score (nSPS) is 14.3. The highest BCUT2D eigenvalue weighted by atomic mass is 32.1. The molecule has 8 heteroatoms. The Balaban J connectivity index is 1.93. The van der Waals surface area contributed by atoms with Crippen LogP contribution in [0.1, 0.15) is 30.4 Å². The van der Waals surface area contributed by atoms with Gasteiger partial charge in [0, 0.05) is 22.7 Å². The SMILES string of the molecule is Cc1cc(-c2cc3c(cc2F)c(=O)c2c(=O)[nH]sc2n3C2CC2)nc(C)n1. The quantitative estimate of drug-likeness (QED) is 0.576. The first-order valence-corrected chi connectivity index (χ1v) is 9.47. The van der Waals surface area contributed by atoms with E-state index in [9.17, 15) is 14.0 Å². The maximum atomic E-state index is 14.9. The van der Waals surface area contributed by atoms with E-state index in [1.54, 1.807) is 19.1 Å². The number of hydrogen-bond donors (Lipinski definition) is 1. The number of nitrogens with zero attached hydrogens (tertiary/aromatic N) is 3. The van der Waals surface area contributed by atoms with E-state index in [1.165, 1.54) is 6.07 Å². The minimum absolute atomic E-state index is 0.111. The fraction of sp³-hybridized carbons (Fsp3) is 0.263. The van der Waals surface area contributed by atoms with Gasteiger partial charge in [0.2, 0.25) is 5.43 Å². The van der Waals surface area contributed by atoms with Crippen LogP contribution in [-0.4, -0.2) is 18.9 Å². The van der Waals surface area contributed by atoms with Crippen molar-refractivity contribution in [3.8, 4) is 11.3 Å². The Bertz CT molecular complexity index is 1340. The van der Waals surface area contributed by atoms with Crippen LogP contribution in [0.3, 0.4) is 0 Å². The van der Waals surface area contributed by atoms with E-state index < -0.39 is 16.8 Å². The molecule has 0 spiro atoms. The van der Waals surface area contributed by atoms with Crippen LogP contribution in [0, 0.1) is 19.7 Å². The standard InChI is InChI=1S/C19H15FN4O2S/c1-8-5-14(22-9(2)21-8)11-7-15-12(6-13(11)20)17(25)16-18(26)23-27-19(16)24(15)10-3-4-10/h5-7,10H,3-4H2,1-2H3,(H,23,26). The van der Waals surface area contributed by atoms with E-state index in [2.05, 4.69) is 14.3 Å². The Labute approximate surface area is 156 Å². The number of nitrogens with one attached hydrogen (secondary N) is 1. The molecular weight excluding hydrogens is 367 g/mol. The van der Waals surface area contributed by atoms with Gasteiger partial charge in [-0.15, -0.1) is 0 Å². The second-order valence-electron chi connectivity index (χ2n) is 6.93. The van der Waals surface area contributed by atoms with E-state index in [0.29, 0.717) is 27.4 Å². The molecule has 0 unspecified atom stereocenters. The molecule has 4 aromatic rings. The molecule has 5 rings (SSSR count). The zero-order chi connectivity index (χ0) is 18.9. The van der Waals surface area contributed by atoms with Crippen molar-refractivity contribution in [3.05, 3.63) is 56.1 Å². The lowest BCUT2D eigenvalue weighted by Gasteiger charge is -2.13. The molecule has 0 atom stereocenters. The summed E-state index contributed by atoms with van der Waals surface area (Å²) in [5.41, 5.74) is 1.35. The molecule has 136 valence electrons. The summed E-state index contributed by atoms with van der Waals surface area (Å²) in [6.07, 6.45) is 1.94. The van der Waals surface area contributed by atoms with Gasteiger partial charge in [-0.1, -0.05) is 0 Å². The van der Waals surface area contributed by atoms with Crippen LogP contribution in [0.15, 0.2) is 27.8 Å². The van der Waals surface area contributed by atoms with Crippen molar-refractivity contribution >= 4 is 32.7 Å². The third-order valence-electron chi connectivity index (χ3n) is 4.87. The van der Waals surface area contributed by atoms with Crippen LogP contribution in [0.4, 0.5) is 4.39 Å². The second kappa shape index (κ2) is 5.56. The number of rotatable bonds is 2. The number of aromatic amines is 1. The first-order chi connectivity index (χ1) is 12.9. The summed E-state index contributed by atoms with van der Waals surface area (Å²) < 4.78 is 19.6. The van der Waals surface area contributed by atoms with Crippen molar-refractivity contribution in [2.45, 2.75) is 32.7 Å². The number of hydrogen-bond acceptors (Lipinski definition) is 5. The molecule has 0 amide bonds. The molecule has 3 heterocycles. The Morgan fingerprint density at radius 2 is 1.96 bits per heavy atom. The minimum atomic E-state index is -0.537. The van der Waals surface area contributed by atoms with Crippen molar-refractivity contribution in [1.29, 1.82) is 0 Å². The third-order valence-corrected chi connectivity index (χ3v) is 5.75. The Hall–Kier alpha value is -2.87. The summed E-state index contributed by atoms with van der Waals surface area (Å²) in [5.74, 6) is 0.0221. The summed E-state index contributed by atoms with van der Waals surface area (Å²) in [6.45, 7) is 3.59. The number of benzene rings is 1. The topological polar surface area (TPSA) is 80.6 Å². The van der Waals surface area contributed by atoms with E-state index >= 15 is 0 Å².